The maximum Gasteiger partial charge on any atom is 0.324 e. The number of nitro benzene ring substituents is 3. The van der Waals surface area contributed by atoms with E-state index in [0.29, 0.717) is 12.1 Å². The monoisotopic (exact) mass is 440 g/mol. The first-order valence-corrected chi connectivity index (χ1v) is 9.25. The highest BCUT2D eigenvalue weighted by atomic mass is 16.6. The average molecular weight is 440 g/mol. The van der Waals surface area contributed by atoms with E-state index in [4.69, 9.17) is 5.11 Å². The molecule has 11 heteroatoms. The van der Waals surface area contributed by atoms with Crippen LogP contribution in [0.25, 0.3) is 0 Å². The van der Waals surface area contributed by atoms with Gasteiger partial charge in [0, 0.05) is 13.1 Å². The highest BCUT2D eigenvalue weighted by Crippen LogP contribution is 2.38. The second-order valence-electron chi connectivity index (χ2n) is 6.75. The smallest absolute Gasteiger partial charge is 0.324 e. The van der Waals surface area contributed by atoms with Gasteiger partial charge in [-0.1, -0.05) is 60.7 Å². The minimum absolute atomic E-state index is 0.447. The molecule has 1 N–H and O–H groups in total. The van der Waals surface area contributed by atoms with Gasteiger partial charge in [-0.15, -0.1) is 0 Å². The molecular formula is C21H20N4O7. The van der Waals surface area contributed by atoms with Gasteiger partial charge in [0.25, 0.3) is 11.4 Å². The first kappa shape index (κ1) is 23.9. The van der Waals surface area contributed by atoms with Gasteiger partial charge in [-0.3, -0.25) is 35.2 Å². The maximum absolute atomic E-state index is 10.4. The number of non-ortho nitro benzene ring substituents is 1. The Bertz CT molecular complexity index is 1020. The lowest BCUT2D eigenvalue weighted by Gasteiger charge is -2.16. The van der Waals surface area contributed by atoms with Crippen LogP contribution < -0.4 is 0 Å². The summed E-state index contributed by atoms with van der Waals surface area (Å²) in [6.07, 6.45) is 0. The van der Waals surface area contributed by atoms with E-state index in [1.165, 1.54) is 11.1 Å². The second kappa shape index (κ2) is 11.1. The predicted octanol–water partition coefficient (Wildman–Crippen LogP) is 4.44. The van der Waals surface area contributed by atoms with Gasteiger partial charge in [0.1, 0.15) is 0 Å². The lowest BCUT2D eigenvalue weighted by Crippen LogP contribution is -2.16. The molecule has 32 heavy (non-hydrogen) atoms. The highest BCUT2D eigenvalue weighted by Gasteiger charge is 2.30. The van der Waals surface area contributed by atoms with Crippen molar-refractivity contribution in [1.82, 2.24) is 4.90 Å². The van der Waals surface area contributed by atoms with Crippen LogP contribution in [0.5, 0.6) is 5.75 Å². The Kier molecular flexibility index (Phi) is 8.31. The molecule has 0 aliphatic rings. The topological polar surface area (TPSA) is 153 Å². The standard InChI is InChI=1S/C15H17N.C6H3N3O7/c1-16(12-14-8-4-2-5-9-14)13-15-10-6-3-7-11-15;10-6-4(8(13)14)1-3(7(11)12)2-5(6)9(15)16/h2-11H,12-13H2,1H3;1-2,10H. The third-order valence-corrected chi connectivity index (χ3v) is 4.25. The lowest BCUT2D eigenvalue weighted by molar-refractivity contribution is -0.404. The summed E-state index contributed by atoms with van der Waals surface area (Å²) < 4.78 is 0. The second-order valence-corrected chi connectivity index (χ2v) is 6.75. The van der Waals surface area contributed by atoms with Crippen LogP contribution in [0.1, 0.15) is 11.1 Å². The SMILES string of the molecule is CN(Cc1ccccc1)Cc1ccccc1.O=[N+]([O-])c1cc([N+](=O)[O-])c(O)c([N+](=O)[O-])c1. The van der Waals surface area contributed by atoms with Crippen molar-refractivity contribution in [2.24, 2.45) is 0 Å². The minimum Gasteiger partial charge on any atom is -0.497 e. The molecule has 0 amide bonds. The zero-order valence-corrected chi connectivity index (χ0v) is 17.0. The van der Waals surface area contributed by atoms with Crippen LogP contribution in [0, 0.1) is 30.3 Å². The molecule has 0 fully saturated rings. The van der Waals surface area contributed by atoms with E-state index in [1.807, 2.05) is 0 Å². The summed E-state index contributed by atoms with van der Waals surface area (Å²) >= 11 is 0. The molecule has 0 atom stereocenters. The van der Waals surface area contributed by atoms with E-state index in [2.05, 4.69) is 72.6 Å². The quantitative estimate of drug-likeness (QED) is 0.418. The summed E-state index contributed by atoms with van der Waals surface area (Å²) in [5.41, 5.74) is -0.278. The van der Waals surface area contributed by atoms with E-state index < -0.39 is 37.6 Å². The summed E-state index contributed by atoms with van der Waals surface area (Å²) in [6, 6.07) is 22.0. The molecule has 0 heterocycles. The summed E-state index contributed by atoms with van der Waals surface area (Å²) in [5.74, 6) is -1.21. The number of nitro groups is 3. The van der Waals surface area contributed by atoms with Gasteiger partial charge in [-0.25, -0.2) is 0 Å². The zero-order chi connectivity index (χ0) is 23.7. The largest absolute Gasteiger partial charge is 0.497 e. The van der Waals surface area contributed by atoms with Gasteiger partial charge in [0.15, 0.2) is 0 Å². The molecule has 11 nitrogen and oxygen atoms in total. The van der Waals surface area contributed by atoms with Crippen molar-refractivity contribution in [3.05, 3.63) is 114 Å². The molecule has 0 bridgehead atoms. The fourth-order valence-corrected chi connectivity index (χ4v) is 2.82. The molecular weight excluding hydrogens is 420 g/mol. The number of rotatable bonds is 7. The van der Waals surface area contributed by atoms with E-state index >= 15 is 0 Å². The van der Waals surface area contributed by atoms with Gasteiger partial charge in [0.2, 0.25) is 0 Å². The van der Waals surface area contributed by atoms with Gasteiger partial charge < -0.3 is 5.11 Å². The minimum atomic E-state index is -1.21. The van der Waals surface area contributed by atoms with Gasteiger partial charge in [-0.05, 0) is 18.2 Å². The van der Waals surface area contributed by atoms with Crippen LogP contribution in [-0.2, 0) is 13.1 Å². The molecule has 166 valence electrons. The molecule has 0 unspecified atom stereocenters. The first-order valence-electron chi connectivity index (χ1n) is 9.25. The van der Waals surface area contributed by atoms with Crippen molar-refractivity contribution >= 4 is 17.1 Å². The molecule has 0 aromatic heterocycles. The number of phenols is 1. The van der Waals surface area contributed by atoms with Crippen molar-refractivity contribution in [2.45, 2.75) is 13.1 Å². The molecule has 0 saturated carbocycles. The third-order valence-electron chi connectivity index (χ3n) is 4.25. The summed E-state index contributed by atoms with van der Waals surface area (Å²) in [5, 5.41) is 40.2. The first-order chi connectivity index (χ1) is 15.2. The highest BCUT2D eigenvalue weighted by molar-refractivity contribution is 5.64. The molecule has 3 aromatic rings. The summed E-state index contributed by atoms with van der Waals surface area (Å²) in [4.78, 5) is 30.1. The van der Waals surface area contributed by atoms with Crippen LogP contribution in [0.15, 0.2) is 72.8 Å². The number of benzene rings is 3. The zero-order valence-electron chi connectivity index (χ0n) is 17.0. The maximum atomic E-state index is 10.4. The van der Waals surface area contributed by atoms with Crippen molar-refractivity contribution in [2.75, 3.05) is 7.05 Å². The summed E-state index contributed by atoms with van der Waals surface area (Å²) in [6.45, 7) is 1.99. The van der Waals surface area contributed by atoms with Crippen LogP contribution in [0.4, 0.5) is 17.1 Å². The van der Waals surface area contributed by atoms with Crippen molar-refractivity contribution in [3.63, 3.8) is 0 Å². The molecule has 3 aromatic carbocycles. The molecule has 0 saturated heterocycles. The lowest BCUT2D eigenvalue weighted by atomic mass is 10.2. The van der Waals surface area contributed by atoms with Crippen LogP contribution in [0.3, 0.4) is 0 Å². The molecule has 0 aliphatic carbocycles. The number of phenolic OH excluding ortho intramolecular Hbond substituents is 1. The molecule has 0 radical (unpaired) electrons. The van der Waals surface area contributed by atoms with Crippen molar-refractivity contribution in [3.8, 4) is 5.75 Å². The van der Waals surface area contributed by atoms with E-state index in [0.717, 1.165) is 13.1 Å². The van der Waals surface area contributed by atoms with Gasteiger partial charge in [0.05, 0.1) is 26.9 Å². The van der Waals surface area contributed by atoms with Crippen molar-refractivity contribution < 1.29 is 19.9 Å². The Labute approximate surface area is 182 Å². The molecule has 0 spiro atoms. The number of nitrogens with zero attached hydrogens (tertiary/aromatic N) is 4. The average Bonchev–Trinajstić information content (AvgIpc) is 2.75. The molecule has 0 aliphatic heterocycles. The number of aromatic hydroxyl groups is 1. The normalized spacial score (nSPS) is 10.2. The number of hydrogen-bond acceptors (Lipinski definition) is 8. The van der Waals surface area contributed by atoms with Gasteiger partial charge in [-0.2, -0.15) is 0 Å². The van der Waals surface area contributed by atoms with Crippen molar-refractivity contribution in [1.29, 1.82) is 0 Å². The van der Waals surface area contributed by atoms with E-state index in [9.17, 15) is 30.3 Å². The van der Waals surface area contributed by atoms with Crippen LogP contribution in [0.2, 0.25) is 0 Å². The van der Waals surface area contributed by atoms with Gasteiger partial charge >= 0.3 is 11.4 Å². The van der Waals surface area contributed by atoms with Crippen LogP contribution >= 0.6 is 0 Å². The Hall–Kier alpha value is -4.38. The Balaban J connectivity index is 0.000000227. The third kappa shape index (κ3) is 6.85. The Morgan fingerprint density at radius 3 is 1.41 bits per heavy atom. The summed E-state index contributed by atoms with van der Waals surface area (Å²) in [7, 11) is 2.15. The number of hydrogen-bond donors (Lipinski definition) is 1. The fraction of sp³-hybridized carbons (Fsp3) is 0.143. The van der Waals surface area contributed by atoms with E-state index in [1.54, 1.807) is 0 Å². The fourth-order valence-electron chi connectivity index (χ4n) is 2.82. The van der Waals surface area contributed by atoms with Crippen LogP contribution in [-0.4, -0.2) is 31.8 Å². The van der Waals surface area contributed by atoms with E-state index in [-0.39, 0.29) is 0 Å². The molecule has 3 rings (SSSR count). The Morgan fingerprint density at radius 2 is 1.09 bits per heavy atom. The Morgan fingerprint density at radius 1 is 0.719 bits per heavy atom. The predicted molar refractivity (Wildman–Crippen MR) is 116 cm³/mol.